The highest BCUT2D eigenvalue weighted by Gasteiger charge is 2.25. The van der Waals surface area contributed by atoms with E-state index >= 15 is 0 Å². The van der Waals surface area contributed by atoms with E-state index in [0.717, 1.165) is 36.1 Å². The summed E-state index contributed by atoms with van der Waals surface area (Å²) in [5, 5.41) is 12.0. The van der Waals surface area contributed by atoms with Crippen molar-refractivity contribution >= 4 is 28.4 Å². The van der Waals surface area contributed by atoms with Crippen LogP contribution in [0.4, 0.5) is 10.5 Å². The zero-order valence-corrected chi connectivity index (χ0v) is 20.4. The fourth-order valence-electron chi connectivity index (χ4n) is 4.27. The molecule has 0 amide bonds. The van der Waals surface area contributed by atoms with E-state index in [1.807, 2.05) is 60.7 Å². The molecule has 0 saturated carbocycles. The molecular formula is C29H31N3O3. The van der Waals surface area contributed by atoms with Crippen molar-refractivity contribution < 1.29 is 14.6 Å². The molecule has 1 heterocycles. The maximum atomic E-state index is 12.7. The van der Waals surface area contributed by atoms with Gasteiger partial charge in [0.2, 0.25) is 5.88 Å². The predicted molar refractivity (Wildman–Crippen MR) is 141 cm³/mol. The monoisotopic (exact) mass is 469 g/mol. The summed E-state index contributed by atoms with van der Waals surface area (Å²) in [5.41, 5.74) is 4.45. The number of carbonyl (C=O) groups excluding carboxylic acids is 1. The first-order valence-corrected chi connectivity index (χ1v) is 11.9. The zero-order chi connectivity index (χ0) is 24.8. The van der Waals surface area contributed by atoms with Crippen molar-refractivity contribution in [2.75, 3.05) is 20.2 Å². The maximum absolute atomic E-state index is 12.7. The number of carbonyl (C=O) groups is 1. The van der Waals surface area contributed by atoms with Crippen LogP contribution in [0.2, 0.25) is 0 Å². The average molecular weight is 470 g/mol. The highest BCUT2D eigenvalue weighted by molar-refractivity contribution is 6.22. The van der Waals surface area contributed by atoms with Gasteiger partial charge >= 0.3 is 6.09 Å². The number of fused-ring (bicyclic) bond motifs is 1. The summed E-state index contributed by atoms with van der Waals surface area (Å²) >= 11 is 0. The van der Waals surface area contributed by atoms with Crippen molar-refractivity contribution in [1.29, 1.82) is 0 Å². The Kier molecular flexibility index (Phi) is 7.63. The standard InChI is InChI=1S/C29H31N3O3/c1-4-19-31(3)20-21-15-17-23(18-16-21)30-27(22-11-7-6-8-12-22)26-24-13-9-10-14-25(24)32(28(26)33)29(34)35-5-2/h6-18,33H,4-5,19-20H2,1-3H3. The summed E-state index contributed by atoms with van der Waals surface area (Å²) in [6.45, 7) is 6.04. The number of aliphatic imine (C=N–C) groups is 1. The Bertz CT molecular complexity index is 1320. The molecule has 1 aromatic heterocycles. The number of aromatic hydroxyl groups is 1. The molecule has 1 N–H and O–H groups in total. The second-order valence-electron chi connectivity index (χ2n) is 8.48. The van der Waals surface area contributed by atoms with Crippen LogP contribution in [-0.2, 0) is 11.3 Å². The van der Waals surface area contributed by atoms with E-state index in [-0.39, 0.29) is 12.5 Å². The van der Waals surface area contributed by atoms with Crippen LogP contribution in [0, 0.1) is 0 Å². The Morgan fingerprint density at radius 3 is 2.34 bits per heavy atom. The Morgan fingerprint density at radius 2 is 1.66 bits per heavy atom. The average Bonchev–Trinajstić information content (AvgIpc) is 3.16. The first-order chi connectivity index (χ1) is 17.0. The lowest BCUT2D eigenvalue weighted by Gasteiger charge is -2.15. The predicted octanol–water partition coefficient (Wildman–Crippen LogP) is 6.36. The van der Waals surface area contributed by atoms with Gasteiger partial charge in [0.1, 0.15) is 0 Å². The van der Waals surface area contributed by atoms with Crippen molar-refractivity contribution in [1.82, 2.24) is 9.47 Å². The quantitative estimate of drug-likeness (QED) is 0.305. The third kappa shape index (κ3) is 5.28. The molecule has 6 heteroatoms. The summed E-state index contributed by atoms with van der Waals surface area (Å²) in [6, 6.07) is 25.2. The Balaban J connectivity index is 1.85. The number of para-hydroxylation sites is 1. The molecule has 180 valence electrons. The van der Waals surface area contributed by atoms with E-state index in [9.17, 15) is 9.90 Å². The number of aromatic nitrogens is 1. The van der Waals surface area contributed by atoms with Crippen LogP contribution in [0.15, 0.2) is 83.9 Å². The highest BCUT2D eigenvalue weighted by atomic mass is 16.5. The van der Waals surface area contributed by atoms with Gasteiger partial charge in [-0.2, -0.15) is 0 Å². The summed E-state index contributed by atoms with van der Waals surface area (Å²) in [7, 11) is 2.12. The van der Waals surface area contributed by atoms with Gasteiger partial charge in [0.05, 0.1) is 29.1 Å². The minimum Gasteiger partial charge on any atom is -0.494 e. The topological polar surface area (TPSA) is 67.1 Å². The van der Waals surface area contributed by atoms with E-state index in [4.69, 9.17) is 9.73 Å². The molecule has 0 fully saturated rings. The summed E-state index contributed by atoms with van der Waals surface area (Å²) in [6.07, 6.45) is 0.489. The summed E-state index contributed by atoms with van der Waals surface area (Å²) < 4.78 is 6.42. The minimum atomic E-state index is -0.625. The first kappa shape index (κ1) is 24.2. The molecule has 6 nitrogen and oxygen atoms in total. The van der Waals surface area contributed by atoms with Crippen LogP contribution in [0.1, 0.15) is 37.0 Å². The molecule has 0 spiro atoms. The van der Waals surface area contributed by atoms with Crippen LogP contribution in [-0.4, -0.2) is 46.6 Å². The number of nitrogens with zero attached hydrogens (tertiary/aromatic N) is 3. The maximum Gasteiger partial charge on any atom is 0.421 e. The van der Waals surface area contributed by atoms with Gasteiger partial charge in [-0.25, -0.2) is 14.4 Å². The molecule has 0 atom stereocenters. The molecule has 4 aromatic rings. The van der Waals surface area contributed by atoms with Gasteiger partial charge in [-0.15, -0.1) is 0 Å². The molecule has 4 rings (SSSR count). The minimum absolute atomic E-state index is 0.190. The number of benzene rings is 3. The molecule has 0 radical (unpaired) electrons. The van der Waals surface area contributed by atoms with Crippen molar-refractivity contribution in [3.8, 4) is 5.88 Å². The van der Waals surface area contributed by atoms with Crippen LogP contribution in [0.3, 0.4) is 0 Å². The van der Waals surface area contributed by atoms with E-state index in [2.05, 4.69) is 31.0 Å². The summed E-state index contributed by atoms with van der Waals surface area (Å²) in [5.74, 6) is -0.190. The van der Waals surface area contributed by atoms with Gasteiger partial charge in [-0.1, -0.05) is 67.6 Å². The van der Waals surface area contributed by atoms with Crippen molar-refractivity contribution in [2.24, 2.45) is 4.99 Å². The third-order valence-corrected chi connectivity index (χ3v) is 5.82. The van der Waals surface area contributed by atoms with E-state index in [0.29, 0.717) is 16.8 Å². The highest BCUT2D eigenvalue weighted by Crippen LogP contribution is 2.35. The number of ether oxygens (including phenoxy) is 1. The van der Waals surface area contributed by atoms with Gasteiger partial charge in [0.15, 0.2) is 0 Å². The zero-order valence-electron chi connectivity index (χ0n) is 20.4. The van der Waals surface area contributed by atoms with E-state index in [1.54, 1.807) is 13.0 Å². The molecular weight excluding hydrogens is 438 g/mol. The van der Waals surface area contributed by atoms with Crippen LogP contribution < -0.4 is 0 Å². The fourth-order valence-corrected chi connectivity index (χ4v) is 4.27. The summed E-state index contributed by atoms with van der Waals surface area (Å²) in [4.78, 5) is 20.0. The smallest absolute Gasteiger partial charge is 0.421 e. The van der Waals surface area contributed by atoms with Gasteiger partial charge in [0, 0.05) is 17.5 Å². The Labute approximate surface area is 206 Å². The Morgan fingerprint density at radius 1 is 0.971 bits per heavy atom. The normalized spacial score (nSPS) is 11.8. The third-order valence-electron chi connectivity index (χ3n) is 5.82. The van der Waals surface area contributed by atoms with Gasteiger partial charge < -0.3 is 14.7 Å². The molecule has 0 bridgehead atoms. The molecule has 0 unspecified atom stereocenters. The molecule has 0 aliphatic carbocycles. The second kappa shape index (κ2) is 11.0. The lowest BCUT2D eigenvalue weighted by molar-refractivity contribution is 0.152. The molecule has 0 aliphatic rings. The number of rotatable bonds is 8. The number of hydrogen-bond acceptors (Lipinski definition) is 5. The molecule has 3 aromatic carbocycles. The second-order valence-corrected chi connectivity index (χ2v) is 8.48. The van der Waals surface area contributed by atoms with Gasteiger partial charge in [0.25, 0.3) is 0 Å². The SMILES string of the molecule is CCCN(C)Cc1ccc(N=C(c2ccccc2)c2c(O)n(C(=O)OCC)c3ccccc23)cc1. The van der Waals surface area contributed by atoms with Crippen molar-refractivity contribution in [3.63, 3.8) is 0 Å². The largest absolute Gasteiger partial charge is 0.494 e. The van der Waals surface area contributed by atoms with Crippen molar-refractivity contribution in [2.45, 2.75) is 26.8 Å². The number of hydrogen-bond donors (Lipinski definition) is 1. The van der Waals surface area contributed by atoms with E-state index in [1.165, 1.54) is 10.1 Å². The van der Waals surface area contributed by atoms with E-state index < -0.39 is 6.09 Å². The lowest BCUT2D eigenvalue weighted by Crippen LogP contribution is -2.18. The molecule has 35 heavy (non-hydrogen) atoms. The molecule has 0 aliphatic heterocycles. The van der Waals surface area contributed by atoms with Gasteiger partial charge in [-0.3, -0.25) is 0 Å². The lowest BCUT2D eigenvalue weighted by atomic mass is 10.0. The van der Waals surface area contributed by atoms with Crippen LogP contribution >= 0.6 is 0 Å². The van der Waals surface area contributed by atoms with Gasteiger partial charge in [-0.05, 0) is 50.7 Å². The van der Waals surface area contributed by atoms with Crippen molar-refractivity contribution in [3.05, 3.63) is 95.6 Å². The van der Waals surface area contributed by atoms with Crippen LogP contribution in [0.25, 0.3) is 10.9 Å². The first-order valence-electron chi connectivity index (χ1n) is 11.9. The van der Waals surface area contributed by atoms with Crippen LogP contribution in [0.5, 0.6) is 5.88 Å². The Hall–Kier alpha value is -3.90. The fraction of sp³-hybridized carbons (Fsp3) is 0.241. The molecule has 0 saturated heterocycles.